The summed E-state index contributed by atoms with van der Waals surface area (Å²) in [5.74, 6) is 1.28. The largest absolute Gasteiger partial charge is 0.444 e. The number of aromatic nitrogens is 4. The number of benzene rings is 3. The van der Waals surface area contributed by atoms with Gasteiger partial charge in [-0.3, -0.25) is 5.32 Å². The van der Waals surface area contributed by atoms with Crippen LogP contribution in [0.25, 0.3) is 11.4 Å². The van der Waals surface area contributed by atoms with E-state index in [1.165, 1.54) is 5.56 Å². The first-order valence-corrected chi connectivity index (χ1v) is 10.7. The lowest BCUT2D eigenvalue weighted by molar-refractivity contribution is 0.155. The number of aromatic amines is 1. The van der Waals surface area contributed by atoms with Gasteiger partial charge >= 0.3 is 6.09 Å². The van der Waals surface area contributed by atoms with E-state index in [2.05, 4.69) is 38.1 Å². The molecule has 2 N–H and O–H groups in total. The molecule has 0 radical (unpaired) electrons. The second kappa shape index (κ2) is 8.80. The van der Waals surface area contributed by atoms with E-state index in [0.29, 0.717) is 28.4 Å². The lowest BCUT2D eigenvalue weighted by Crippen LogP contribution is -2.13. The molecule has 1 amide bonds. The fourth-order valence-corrected chi connectivity index (χ4v) is 4.14. The second-order valence-corrected chi connectivity index (χ2v) is 8.21. The average Bonchev–Trinajstić information content (AvgIpc) is 3.42. The van der Waals surface area contributed by atoms with Crippen molar-refractivity contribution in [3.05, 3.63) is 94.5 Å². The number of anilines is 1. The maximum atomic E-state index is 12.2. The van der Waals surface area contributed by atoms with Gasteiger partial charge in [-0.05, 0) is 64.4 Å². The number of halogens is 1. The van der Waals surface area contributed by atoms with E-state index in [4.69, 9.17) is 16.3 Å². The van der Waals surface area contributed by atoms with Crippen molar-refractivity contribution in [3.8, 4) is 11.4 Å². The van der Waals surface area contributed by atoms with Crippen LogP contribution in [0.5, 0.6) is 0 Å². The monoisotopic (exact) mass is 445 g/mol. The highest BCUT2D eigenvalue weighted by Crippen LogP contribution is 2.55. The van der Waals surface area contributed by atoms with Crippen molar-refractivity contribution in [1.29, 1.82) is 0 Å². The Morgan fingerprint density at radius 3 is 2.69 bits per heavy atom. The molecule has 1 aromatic heterocycles. The number of amides is 1. The van der Waals surface area contributed by atoms with Gasteiger partial charge in [0.15, 0.2) is 0 Å². The van der Waals surface area contributed by atoms with Gasteiger partial charge < -0.3 is 4.74 Å². The zero-order valence-electron chi connectivity index (χ0n) is 17.0. The Kier molecular flexibility index (Phi) is 5.56. The van der Waals surface area contributed by atoms with E-state index < -0.39 is 6.09 Å². The standard InChI is InChI=1S/C24H20ClN5O2/c25-19-10-18(11-20(12-19)26-24(31)32-14-15-5-2-1-3-6-15)22-13-21(22)16-7-4-8-17(9-16)23-27-29-30-28-23/h1-12,21-22H,13-14H2,(H,26,31)(H,27,28,29,30)/t21-,22-/m1/s1. The number of carbonyl (C=O) groups excluding carboxylic acids is 1. The van der Waals surface area contributed by atoms with Crippen molar-refractivity contribution in [1.82, 2.24) is 20.6 Å². The minimum absolute atomic E-state index is 0.210. The first-order valence-electron chi connectivity index (χ1n) is 10.3. The van der Waals surface area contributed by atoms with Crippen LogP contribution in [0.2, 0.25) is 5.02 Å². The van der Waals surface area contributed by atoms with Crippen molar-refractivity contribution in [2.45, 2.75) is 24.9 Å². The second-order valence-electron chi connectivity index (χ2n) is 7.77. The lowest BCUT2D eigenvalue weighted by atomic mass is 10.0. The van der Waals surface area contributed by atoms with Gasteiger partial charge in [0.1, 0.15) is 6.61 Å². The maximum Gasteiger partial charge on any atom is 0.411 e. The minimum atomic E-state index is -0.512. The Morgan fingerprint density at radius 2 is 1.88 bits per heavy atom. The number of hydrogen-bond acceptors (Lipinski definition) is 5. The number of hydrogen-bond donors (Lipinski definition) is 2. The minimum Gasteiger partial charge on any atom is -0.444 e. The van der Waals surface area contributed by atoms with Gasteiger partial charge in [-0.25, -0.2) is 4.79 Å². The van der Waals surface area contributed by atoms with E-state index >= 15 is 0 Å². The summed E-state index contributed by atoms with van der Waals surface area (Å²) in [4.78, 5) is 12.2. The Morgan fingerprint density at radius 1 is 1.03 bits per heavy atom. The lowest BCUT2D eigenvalue weighted by Gasteiger charge is -2.10. The number of tetrazole rings is 1. The molecule has 8 heteroatoms. The molecule has 7 nitrogen and oxygen atoms in total. The van der Waals surface area contributed by atoms with Crippen LogP contribution in [0, 0.1) is 0 Å². The molecule has 0 bridgehead atoms. The predicted molar refractivity (Wildman–Crippen MR) is 121 cm³/mol. The van der Waals surface area contributed by atoms with Crippen LogP contribution < -0.4 is 5.32 Å². The van der Waals surface area contributed by atoms with Crippen LogP contribution in [-0.2, 0) is 11.3 Å². The van der Waals surface area contributed by atoms with Crippen molar-refractivity contribution in [2.75, 3.05) is 5.32 Å². The maximum absolute atomic E-state index is 12.2. The molecule has 5 rings (SSSR count). The molecule has 32 heavy (non-hydrogen) atoms. The van der Waals surface area contributed by atoms with Crippen LogP contribution in [0.4, 0.5) is 10.5 Å². The summed E-state index contributed by atoms with van der Waals surface area (Å²) in [6, 6.07) is 23.4. The molecule has 1 fully saturated rings. The molecule has 1 aliphatic rings. The molecule has 1 heterocycles. The normalized spacial score (nSPS) is 17.0. The third-order valence-electron chi connectivity index (χ3n) is 5.52. The van der Waals surface area contributed by atoms with Crippen molar-refractivity contribution >= 4 is 23.4 Å². The number of ether oxygens (including phenoxy) is 1. The summed E-state index contributed by atoms with van der Waals surface area (Å²) in [6.07, 6.45) is 0.496. The highest BCUT2D eigenvalue weighted by Gasteiger charge is 2.40. The van der Waals surface area contributed by atoms with Gasteiger partial charge in [0.2, 0.25) is 5.82 Å². The molecule has 3 aromatic carbocycles. The van der Waals surface area contributed by atoms with Gasteiger partial charge in [-0.1, -0.05) is 60.1 Å². The third kappa shape index (κ3) is 4.63. The molecule has 2 atom stereocenters. The summed E-state index contributed by atoms with van der Waals surface area (Å²) in [5, 5.41) is 17.6. The molecule has 1 aliphatic carbocycles. The van der Waals surface area contributed by atoms with E-state index in [9.17, 15) is 4.79 Å². The Labute approximate surface area is 189 Å². The first kappa shape index (κ1) is 20.2. The SMILES string of the molecule is O=C(Nc1cc(Cl)cc([C@H]2C[C@@H]2c2cccc(-c3nn[nH]n3)c2)c1)OCc1ccccc1. The summed E-state index contributed by atoms with van der Waals surface area (Å²) < 4.78 is 5.31. The van der Waals surface area contributed by atoms with E-state index in [1.54, 1.807) is 6.07 Å². The topological polar surface area (TPSA) is 92.8 Å². The fourth-order valence-electron chi connectivity index (χ4n) is 3.90. The van der Waals surface area contributed by atoms with Crippen LogP contribution >= 0.6 is 11.6 Å². The number of nitrogens with zero attached hydrogens (tertiary/aromatic N) is 3. The summed E-state index contributed by atoms with van der Waals surface area (Å²) in [5.41, 5.74) is 4.78. The molecular weight excluding hydrogens is 426 g/mol. The fraction of sp³-hybridized carbons (Fsp3) is 0.167. The number of H-pyrrole nitrogens is 1. The number of nitrogens with one attached hydrogen (secondary N) is 2. The quantitative estimate of drug-likeness (QED) is 0.406. The van der Waals surface area contributed by atoms with Crippen LogP contribution in [-0.4, -0.2) is 26.7 Å². The van der Waals surface area contributed by atoms with Gasteiger partial charge in [0.25, 0.3) is 0 Å². The predicted octanol–water partition coefficient (Wildman–Crippen LogP) is 5.54. The van der Waals surface area contributed by atoms with Gasteiger partial charge in [0, 0.05) is 16.3 Å². The van der Waals surface area contributed by atoms with Crippen molar-refractivity contribution < 1.29 is 9.53 Å². The van der Waals surface area contributed by atoms with Crippen LogP contribution in [0.1, 0.15) is 34.9 Å². The molecule has 0 spiro atoms. The number of rotatable bonds is 6. The van der Waals surface area contributed by atoms with E-state index in [0.717, 1.165) is 23.1 Å². The first-order chi connectivity index (χ1) is 15.7. The van der Waals surface area contributed by atoms with Crippen molar-refractivity contribution in [2.24, 2.45) is 0 Å². The Bertz CT molecular complexity index is 1230. The Balaban J connectivity index is 1.26. The van der Waals surface area contributed by atoms with Gasteiger partial charge in [-0.15, -0.1) is 10.2 Å². The van der Waals surface area contributed by atoms with E-state index in [1.807, 2.05) is 54.6 Å². The summed E-state index contributed by atoms with van der Waals surface area (Å²) in [7, 11) is 0. The summed E-state index contributed by atoms with van der Waals surface area (Å²) in [6.45, 7) is 0.210. The van der Waals surface area contributed by atoms with Gasteiger partial charge in [-0.2, -0.15) is 5.21 Å². The molecule has 160 valence electrons. The third-order valence-corrected chi connectivity index (χ3v) is 5.73. The molecule has 4 aromatic rings. The zero-order valence-corrected chi connectivity index (χ0v) is 17.8. The smallest absolute Gasteiger partial charge is 0.411 e. The highest BCUT2D eigenvalue weighted by atomic mass is 35.5. The zero-order chi connectivity index (χ0) is 21.9. The average molecular weight is 446 g/mol. The molecule has 0 unspecified atom stereocenters. The molecule has 1 saturated carbocycles. The number of carbonyl (C=O) groups is 1. The summed E-state index contributed by atoms with van der Waals surface area (Å²) >= 11 is 6.35. The Hall–Kier alpha value is -3.71. The highest BCUT2D eigenvalue weighted by molar-refractivity contribution is 6.31. The van der Waals surface area contributed by atoms with Crippen LogP contribution in [0.3, 0.4) is 0 Å². The van der Waals surface area contributed by atoms with Crippen LogP contribution in [0.15, 0.2) is 72.8 Å². The molecule has 0 aliphatic heterocycles. The van der Waals surface area contributed by atoms with E-state index in [-0.39, 0.29) is 6.61 Å². The molecule has 0 saturated heterocycles. The van der Waals surface area contributed by atoms with Gasteiger partial charge in [0.05, 0.1) is 0 Å². The molecular formula is C24H20ClN5O2. The van der Waals surface area contributed by atoms with Crippen molar-refractivity contribution in [3.63, 3.8) is 0 Å².